The molecule has 1 fully saturated rings. The van der Waals surface area contributed by atoms with Crippen molar-refractivity contribution in [2.75, 3.05) is 6.54 Å². The molecule has 0 bridgehead atoms. The van der Waals surface area contributed by atoms with Gasteiger partial charge in [-0.15, -0.1) is 0 Å². The monoisotopic (exact) mass is 228 g/mol. The summed E-state index contributed by atoms with van der Waals surface area (Å²) in [6.45, 7) is 3.39. The van der Waals surface area contributed by atoms with Crippen LogP contribution in [0.1, 0.15) is 44.2 Å². The molecule has 2 atom stereocenters. The molecule has 0 amide bonds. The second-order valence-corrected chi connectivity index (χ2v) is 4.73. The van der Waals surface area contributed by atoms with E-state index in [1.807, 2.05) is 6.07 Å². The van der Waals surface area contributed by atoms with Crippen molar-refractivity contribution in [1.29, 1.82) is 5.26 Å². The van der Waals surface area contributed by atoms with Gasteiger partial charge in [0.2, 0.25) is 0 Å². The Morgan fingerprint density at radius 1 is 1.41 bits per heavy atom. The molecule has 2 unspecified atom stereocenters. The van der Waals surface area contributed by atoms with Crippen LogP contribution in [0.5, 0.6) is 0 Å². The Balaban J connectivity index is 2.20. The highest BCUT2D eigenvalue weighted by Crippen LogP contribution is 2.32. The van der Waals surface area contributed by atoms with Gasteiger partial charge in [-0.25, -0.2) is 0 Å². The summed E-state index contributed by atoms with van der Waals surface area (Å²) in [5.41, 5.74) is 1.29. The first kappa shape index (κ1) is 12.1. The molecule has 0 aromatic heterocycles. The lowest BCUT2D eigenvalue weighted by atomic mass is 10.0. The minimum Gasteiger partial charge on any atom is -0.292 e. The summed E-state index contributed by atoms with van der Waals surface area (Å²) in [6, 6.07) is 13.8. The van der Waals surface area contributed by atoms with Crippen LogP contribution < -0.4 is 0 Å². The molecule has 0 radical (unpaired) electrons. The maximum atomic E-state index is 9.04. The van der Waals surface area contributed by atoms with E-state index < -0.39 is 0 Å². The number of likely N-dealkylation sites (tertiary alicyclic amines) is 1. The minimum atomic E-state index is 0.286. The standard InChI is InChI=1S/C15H20N2/c1-2-14-9-6-12-17(14)15(10-11-16)13-7-4-3-5-8-13/h3-5,7-8,14-15H,2,6,9-10,12H2,1H3. The van der Waals surface area contributed by atoms with Gasteiger partial charge in [-0.05, 0) is 31.4 Å². The van der Waals surface area contributed by atoms with Crippen LogP contribution in [0.15, 0.2) is 30.3 Å². The van der Waals surface area contributed by atoms with Gasteiger partial charge in [-0.1, -0.05) is 37.3 Å². The molecule has 1 aromatic carbocycles. The molecular weight excluding hydrogens is 208 g/mol. The van der Waals surface area contributed by atoms with Gasteiger partial charge in [-0.3, -0.25) is 4.90 Å². The third-order valence-corrected chi connectivity index (χ3v) is 3.76. The van der Waals surface area contributed by atoms with E-state index in [1.54, 1.807) is 0 Å². The fraction of sp³-hybridized carbons (Fsp3) is 0.533. The third-order valence-electron chi connectivity index (χ3n) is 3.76. The Hall–Kier alpha value is -1.33. The molecule has 0 saturated carbocycles. The highest BCUT2D eigenvalue weighted by molar-refractivity contribution is 5.20. The quantitative estimate of drug-likeness (QED) is 0.788. The first-order valence-corrected chi connectivity index (χ1v) is 6.54. The van der Waals surface area contributed by atoms with Crippen LogP contribution >= 0.6 is 0 Å². The van der Waals surface area contributed by atoms with E-state index in [-0.39, 0.29) is 6.04 Å². The van der Waals surface area contributed by atoms with Gasteiger partial charge in [0, 0.05) is 12.1 Å². The van der Waals surface area contributed by atoms with Crippen LogP contribution in [-0.2, 0) is 0 Å². The topological polar surface area (TPSA) is 27.0 Å². The molecule has 2 nitrogen and oxygen atoms in total. The van der Waals surface area contributed by atoms with Crippen LogP contribution in [-0.4, -0.2) is 17.5 Å². The lowest BCUT2D eigenvalue weighted by Gasteiger charge is -2.31. The van der Waals surface area contributed by atoms with Crippen molar-refractivity contribution in [3.8, 4) is 6.07 Å². The van der Waals surface area contributed by atoms with Crippen LogP contribution in [0, 0.1) is 11.3 Å². The number of hydrogen-bond acceptors (Lipinski definition) is 2. The predicted molar refractivity (Wildman–Crippen MR) is 69.4 cm³/mol. The molecule has 2 heteroatoms. The zero-order valence-electron chi connectivity index (χ0n) is 10.5. The average Bonchev–Trinajstić information content (AvgIpc) is 2.85. The second-order valence-electron chi connectivity index (χ2n) is 4.73. The van der Waals surface area contributed by atoms with E-state index >= 15 is 0 Å². The Bertz CT molecular complexity index is 380. The van der Waals surface area contributed by atoms with Gasteiger partial charge < -0.3 is 0 Å². The molecule has 1 saturated heterocycles. The molecule has 2 rings (SSSR count). The van der Waals surface area contributed by atoms with Crippen LogP contribution in [0.25, 0.3) is 0 Å². The van der Waals surface area contributed by atoms with Crippen molar-refractivity contribution in [3.63, 3.8) is 0 Å². The van der Waals surface area contributed by atoms with Gasteiger partial charge in [-0.2, -0.15) is 5.26 Å². The number of benzene rings is 1. The molecule has 0 spiro atoms. The van der Waals surface area contributed by atoms with Gasteiger partial charge in [0.1, 0.15) is 0 Å². The summed E-state index contributed by atoms with van der Waals surface area (Å²) in [5, 5.41) is 9.04. The van der Waals surface area contributed by atoms with Crippen molar-refractivity contribution in [2.24, 2.45) is 0 Å². The fourth-order valence-corrected chi connectivity index (χ4v) is 2.90. The molecule has 90 valence electrons. The smallest absolute Gasteiger partial charge is 0.0641 e. The summed E-state index contributed by atoms with van der Waals surface area (Å²) in [6.07, 6.45) is 4.34. The molecular formula is C15H20N2. The summed E-state index contributed by atoms with van der Waals surface area (Å²) < 4.78 is 0. The number of hydrogen-bond donors (Lipinski definition) is 0. The zero-order chi connectivity index (χ0) is 12.1. The normalized spacial score (nSPS) is 22.2. The van der Waals surface area contributed by atoms with E-state index in [9.17, 15) is 0 Å². The van der Waals surface area contributed by atoms with Crippen molar-refractivity contribution in [1.82, 2.24) is 4.90 Å². The lowest BCUT2D eigenvalue weighted by molar-refractivity contribution is 0.178. The molecule has 1 aromatic rings. The molecule has 1 aliphatic rings. The van der Waals surface area contributed by atoms with E-state index in [0.29, 0.717) is 12.5 Å². The molecule has 0 N–H and O–H groups in total. The molecule has 1 heterocycles. The Morgan fingerprint density at radius 3 is 2.82 bits per heavy atom. The van der Waals surface area contributed by atoms with E-state index in [0.717, 1.165) is 6.54 Å². The minimum absolute atomic E-state index is 0.286. The van der Waals surface area contributed by atoms with Crippen molar-refractivity contribution in [2.45, 2.75) is 44.7 Å². The lowest BCUT2D eigenvalue weighted by Crippen LogP contribution is -2.33. The second kappa shape index (κ2) is 5.84. The maximum Gasteiger partial charge on any atom is 0.0641 e. The Kier molecular flexibility index (Phi) is 4.17. The largest absolute Gasteiger partial charge is 0.292 e. The third kappa shape index (κ3) is 2.68. The summed E-state index contributed by atoms with van der Waals surface area (Å²) in [4.78, 5) is 2.53. The van der Waals surface area contributed by atoms with Gasteiger partial charge in [0.15, 0.2) is 0 Å². The van der Waals surface area contributed by atoms with Crippen molar-refractivity contribution >= 4 is 0 Å². The zero-order valence-corrected chi connectivity index (χ0v) is 10.5. The van der Waals surface area contributed by atoms with Gasteiger partial charge in [0.25, 0.3) is 0 Å². The SMILES string of the molecule is CCC1CCCN1C(CC#N)c1ccccc1. The highest BCUT2D eigenvalue weighted by atomic mass is 15.2. The van der Waals surface area contributed by atoms with E-state index in [4.69, 9.17) is 5.26 Å². The fourth-order valence-electron chi connectivity index (χ4n) is 2.90. The van der Waals surface area contributed by atoms with Gasteiger partial charge >= 0.3 is 0 Å². The van der Waals surface area contributed by atoms with Crippen LogP contribution in [0.4, 0.5) is 0 Å². The van der Waals surface area contributed by atoms with Crippen molar-refractivity contribution in [3.05, 3.63) is 35.9 Å². The average molecular weight is 228 g/mol. The molecule has 17 heavy (non-hydrogen) atoms. The summed E-state index contributed by atoms with van der Waals surface area (Å²) >= 11 is 0. The number of nitrogens with zero attached hydrogens (tertiary/aromatic N) is 2. The summed E-state index contributed by atoms with van der Waals surface area (Å²) in [5.74, 6) is 0. The first-order valence-electron chi connectivity index (χ1n) is 6.54. The Labute approximate surface area is 104 Å². The molecule has 0 aliphatic carbocycles. The van der Waals surface area contributed by atoms with Crippen LogP contribution in [0.3, 0.4) is 0 Å². The van der Waals surface area contributed by atoms with Crippen molar-refractivity contribution < 1.29 is 0 Å². The van der Waals surface area contributed by atoms with E-state index in [1.165, 1.54) is 24.8 Å². The predicted octanol–water partition coefficient (Wildman–Crippen LogP) is 3.52. The highest BCUT2D eigenvalue weighted by Gasteiger charge is 2.30. The number of nitriles is 1. The number of rotatable bonds is 4. The van der Waals surface area contributed by atoms with Crippen LogP contribution in [0.2, 0.25) is 0 Å². The van der Waals surface area contributed by atoms with E-state index in [2.05, 4.69) is 42.2 Å². The first-order chi connectivity index (χ1) is 8.36. The van der Waals surface area contributed by atoms with Gasteiger partial charge in [0.05, 0.1) is 12.5 Å². The molecule has 1 aliphatic heterocycles. The summed E-state index contributed by atoms with van der Waals surface area (Å²) in [7, 11) is 0. The Morgan fingerprint density at radius 2 is 2.18 bits per heavy atom. The maximum absolute atomic E-state index is 9.04.